The fourth-order valence-corrected chi connectivity index (χ4v) is 1.99. The van der Waals surface area contributed by atoms with Crippen LogP contribution in [0.15, 0.2) is 60.4 Å². The Morgan fingerprint density at radius 2 is 1.42 bits per heavy atom. The minimum absolute atomic E-state index is 0.0647. The van der Waals surface area contributed by atoms with Gasteiger partial charge in [0.05, 0.1) is 5.56 Å². The van der Waals surface area contributed by atoms with E-state index in [1.165, 1.54) is 0 Å². The summed E-state index contributed by atoms with van der Waals surface area (Å²) in [5.41, 5.74) is 1.52. The Kier molecular flexibility index (Phi) is 2.72. The number of rotatable bonds is 1. The van der Waals surface area contributed by atoms with Gasteiger partial charge < -0.3 is 4.74 Å². The van der Waals surface area contributed by atoms with Crippen molar-refractivity contribution in [1.82, 2.24) is 0 Å². The summed E-state index contributed by atoms with van der Waals surface area (Å²) < 4.78 is 5.10. The number of esters is 1. The van der Waals surface area contributed by atoms with E-state index >= 15 is 0 Å². The molecule has 92 valence electrons. The first-order valence-electron chi connectivity index (χ1n) is 5.88. The van der Waals surface area contributed by atoms with E-state index in [1.807, 2.05) is 30.3 Å². The maximum absolute atomic E-state index is 12.2. The summed E-state index contributed by atoms with van der Waals surface area (Å²) in [6, 6.07) is 15.9. The maximum Gasteiger partial charge on any atom is 0.344 e. The van der Waals surface area contributed by atoms with Gasteiger partial charge >= 0.3 is 5.97 Å². The van der Waals surface area contributed by atoms with Crippen LogP contribution < -0.4 is 0 Å². The van der Waals surface area contributed by atoms with Gasteiger partial charge in [-0.25, -0.2) is 4.79 Å². The predicted molar refractivity (Wildman–Crippen MR) is 70.6 cm³/mol. The van der Waals surface area contributed by atoms with Crippen LogP contribution in [0.2, 0.25) is 0 Å². The van der Waals surface area contributed by atoms with Crippen molar-refractivity contribution in [3.05, 3.63) is 77.0 Å². The molecular weight excluding hydrogens is 240 g/mol. The monoisotopic (exact) mass is 250 g/mol. The molecule has 2 aromatic rings. The van der Waals surface area contributed by atoms with E-state index in [9.17, 15) is 9.59 Å². The van der Waals surface area contributed by atoms with E-state index in [-0.39, 0.29) is 11.5 Å². The number of ketones is 1. The Morgan fingerprint density at radius 1 is 0.789 bits per heavy atom. The molecule has 0 N–H and O–H groups in total. The van der Waals surface area contributed by atoms with Gasteiger partial charge in [-0.1, -0.05) is 48.5 Å². The van der Waals surface area contributed by atoms with E-state index < -0.39 is 5.97 Å². The molecule has 0 fully saturated rings. The fraction of sp³-hybridized carbons (Fsp3) is 0. The Labute approximate surface area is 110 Å². The molecule has 0 aliphatic carbocycles. The molecule has 0 saturated carbocycles. The normalized spacial score (nSPS) is 16.1. The second kappa shape index (κ2) is 4.53. The van der Waals surface area contributed by atoms with Gasteiger partial charge in [-0.15, -0.1) is 0 Å². The number of allylic oxidation sites excluding steroid dienone is 1. The zero-order chi connectivity index (χ0) is 13.2. The lowest BCUT2D eigenvalue weighted by molar-refractivity contribution is 0.0567. The van der Waals surface area contributed by atoms with Gasteiger partial charge in [0.1, 0.15) is 0 Å². The lowest BCUT2D eigenvalue weighted by Crippen LogP contribution is -2.22. The highest BCUT2D eigenvalue weighted by Crippen LogP contribution is 2.24. The second-order valence-electron chi connectivity index (χ2n) is 4.18. The topological polar surface area (TPSA) is 43.4 Å². The standard InChI is InChI=1S/C16H10O3/c17-15-12-8-4-5-9-13(12)16(18)19-14(15)10-11-6-2-1-3-7-11/h1-10H/b14-10+. The molecule has 3 nitrogen and oxygen atoms in total. The molecule has 0 spiro atoms. The molecule has 3 rings (SSSR count). The molecule has 19 heavy (non-hydrogen) atoms. The molecule has 1 aliphatic heterocycles. The van der Waals surface area contributed by atoms with Crippen LogP contribution in [0.25, 0.3) is 6.08 Å². The van der Waals surface area contributed by atoms with Crippen LogP contribution in [0.1, 0.15) is 26.3 Å². The van der Waals surface area contributed by atoms with Crippen molar-refractivity contribution in [2.45, 2.75) is 0 Å². The Hall–Kier alpha value is -2.68. The van der Waals surface area contributed by atoms with Crippen molar-refractivity contribution in [3.8, 4) is 0 Å². The van der Waals surface area contributed by atoms with Crippen molar-refractivity contribution in [2.75, 3.05) is 0 Å². The zero-order valence-electron chi connectivity index (χ0n) is 10.00. The van der Waals surface area contributed by atoms with Crippen LogP contribution in [-0.4, -0.2) is 11.8 Å². The van der Waals surface area contributed by atoms with E-state index in [0.717, 1.165) is 5.56 Å². The van der Waals surface area contributed by atoms with Crippen LogP contribution in [0.4, 0.5) is 0 Å². The SMILES string of the molecule is O=C1O/C(=C/c2ccccc2)C(=O)c2ccccc21. The summed E-state index contributed by atoms with van der Waals surface area (Å²) in [7, 11) is 0. The molecule has 0 bridgehead atoms. The van der Waals surface area contributed by atoms with Gasteiger partial charge in [-0.05, 0) is 17.7 Å². The largest absolute Gasteiger partial charge is 0.419 e. The van der Waals surface area contributed by atoms with E-state index in [1.54, 1.807) is 30.3 Å². The molecule has 0 atom stereocenters. The lowest BCUT2D eigenvalue weighted by Gasteiger charge is -2.16. The van der Waals surface area contributed by atoms with Crippen molar-refractivity contribution in [2.24, 2.45) is 0 Å². The second-order valence-corrected chi connectivity index (χ2v) is 4.18. The minimum atomic E-state index is -0.489. The third kappa shape index (κ3) is 2.06. The molecule has 0 unspecified atom stereocenters. The van der Waals surface area contributed by atoms with Crippen molar-refractivity contribution in [3.63, 3.8) is 0 Å². The highest BCUT2D eigenvalue weighted by molar-refractivity contribution is 6.19. The van der Waals surface area contributed by atoms with Gasteiger partial charge in [0.15, 0.2) is 5.76 Å². The number of cyclic esters (lactones) is 1. The lowest BCUT2D eigenvalue weighted by atomic mass is 9.99. The average molecular weight is 250 g/mol. The number of hydrogen-bond donors (Lipinski definition) is 0. The summed E-state index contributed by atoms with van der Waals surface area (Å²) in [6.07, 6.45) is 1.58. The van der Waals surface area contributed by atoms with Crippen LogP contribution in [0.5, 0.6) is 0 Å². The van der Waals surface area contributed by atoms with Crippen molar-refractivity contribution in [1.29, 1.82) is 0 Å². The Bertz CT molecular complexity index is 684. The smallest absolute Gasteiger partial charge is 0.344 e. The number of benzene rings is 2. The predicted octanol–water partition coefficient (Wildman–Crippen LogP) is 3.08. The zero-order valence-corrected chi connectivity index (χ0v) is 10.00. The summed E-state index contributed by atoms with van der Waals surface area (Å²) in [6.45, 7) is 0. The highest BCUT2D eigenvalue weighted by Gasteiger charge is 2.29. The molecule has 2 aromatic carbocycles. The highest BCUT2D eigenvalue weighted by atomic mass is 16.5. The number of hydrogen-bond acceptors (Lipinski definition) is 3. The fourth-order valence-electron chi connectivity index (χ4n) is 1.99. The Morgan fingerprint density at radius 3 is 2.16 bits per heavy atom. The molecular formula is C16H10O3. The van der Waals surface area contributed by atoms with Gasteiger partial charge in [0, 0.05) is 5.56 Å². The minimum Gasteiger partial charge on any atom is -0.419 e. The van der Waals surface area contributed by atoms with Gasteiger partial charge in [-0.3, -0.25) is 4.79 Å². The summed E-state index contributed by atoms with van der Waals surface area (Å²) >= 11 is 0. The van der Waals surface area contributed by atoms with Gasteiger partial charge in [0.25, 0.3) is 0 Å². The maximum atomic E-state index is 12.2. The summed E-state index contributed by atoms with van der Waals surface area (Å²) in [5.74, 6) is -0.689. The molecule has 0 saturated heterocycles. The number of fused-ring (bicyclic) bond motifs is 1. The van der Waals surface area contributed by atoms with Crippen LogP contribution in [-0.2, 0) is 4.74 Å². The van der Waals surface area contributed by atoms with Gasteiger partial charge in [0.2, 0.25) is 5.78 Å². The van der Waals surface area contributed by atoms with Crippen molar-refractivity contribution >= 4 is 17.8 Å². The van der Waals surface area contributed by atoms with Crippen LogP contribution in [0, 0.1) is 0 Å². The first kappa shape index (κ1) is 11.4. The molecule has 0 amide bonds. The molecule has 0 aromatic heterocycles. The van der Waals surface area contributed by atoms with E-state index in [4.69, 9.17) is 4.74 Å². The first-order valence-corrected chi connectivity index (χ1v) is 5.88. The number of Topliss-reactive ketones (excluding diaryl/α,β-unsaturated/α-hetero) is 1. The third-order valence-corrected chi connectivity index (χ3v) is 2.92. The Balaban J connectivity index is 2.06. The molecule has 1 heterocycles. The molecule has 3 heteroatoms. The van der Waals surface area contributed by atoms with E-state index in [0.29, 0.717) is 11.1 Å². The number of carbonyl (C=O) groups is 2. The summed E-state index contributed by atoms with van der Waals surface area (Å²) in [5, 5.41) is 0. The molecule has 1 aliphatic rings. The number of carbonyl (C=O) groups excluding carboxylic acids is 2. The first-order chi connectivity index (χ1) is 9.25. The number of ether oxygens (including phenoxy) is 1. The summed E-state index contributed by atoms with van der Waals surface area (Å²) in [4.78, 5) is 24.0. The third-order valence-electron chi connectivity index (χ3n) is 2.92. The van der Waals surface area contributed by atoms with Crippen molar-refractivity contribution < 1.29 is 14.3 Å². The van der Waals surface area contributed by atoms with Crippen LogP contribution >= 0.6 is 0 Å². The molecule has 0 radical (unpaired) electrons. The van der Waals surface area contributed by atoms with Crippen LogP contribution in [0.3, 0.4) is 0 Å². The van der Waals surface area contributed by atoms with E-state index in [2.05, 4.69) is 0 Å². The van der Waals surface area contributed by atoms with Gasteiger partial charge in [-0.2, -0.15) is 0 Å². The average Bonchev–Trinajstić information content (AvgIpc) is 2.46. The quantitative estimate of drug-likeness (QED) is 0.577.